The Labute approximate surface area is 131 Å². The van der Waals surface area contributed by atoms with Crippen molar-refractivity contribution in [2.24, 2.45) is 0 Å². The summed E-state index contributed by atoms with van der Waals surface area (Å²) in [7, 11) is 0. The monoisotopic (exact) mass is 304 g/mol. The Bertz CT molecular complexity index is 538. The molecule has 1 aromatic heterocycles. The van der Waals surface area contributed by atoms with Gasteiger partial charge in [0, 0.05) is 25.2 Å². The predicted molar refractivity (Wildman–Crippen MR) is 83.9 cm³/mol. The smallest absolute Gasteiger partial charge is 0.410 e. The van der Waals surface area contributed by atoms with Crippen molar-refractivity contribution in [2.45, 2.75) is 58.2 Å². The quantitative estimate of drug-likeness (QED) is 0.797. The molecule has 2 aliphatic heterocycles. The summed E-state index contributed by atoms with van der Waals surface area (Å²) in [5, 5.41) is 8.47. The molecule has 6 nitrogen and oxygen atoms in total. The van der Waals surface area contributed by atoms with Crippen molar-refractivity contribution in [3.05, 3.63) is 17.8 Å². The van der Waals surface area contributed by atoms with E-state index in [1.54, 1.807) is 0 Å². The maximum absolute atomic E-state index is 12.3. The van der Waals surface area contributed by atoms with Gasteiger partial charge in [0.05, 0.1) is 5.69 Å². The number of hydrogen-bond donors (Lipinski definition) is 0. The Morgan fingerprint density at radius 1 is 1.18 bits per heavy atom. The minimum Gasteiger partial charge on any atom is -0.444 e. The number of anilines is 1. The van der Waals surface area contributed by atoms with Gasteiger partial charge < -0.3 is 14.5 Å². The molecule has 0 radical (unpaired) electrons. The molecule has 2 fully saturated rings. The lowest BCUT2D eigenvalue weighted by molar-refractivity contribution is 0.0209. The van der Waals surface area contributed by atoms with E-state index in [1.165, 1.54) is 0 Å². The Morgan fingerprint density at radius 3 is 2.32 bits per heavy atom. The number of rotatable bonds is 1. The number of carbonyl (C=O) groups is 1. The molecule has 2 unspecified atom stereocenters. The van der Waals surface area contributed by atoms with E-state index in [2.05, 4.69) is 15.1 Å². The minimum absolute atomic E-state index is 0.209. The molecule has 3 heterocycles. The van der Waals surface area contributed by atoms with E-state index in [0.717, 1.165) is 24.4 Å². The number of amides is 1. The van der Waals surface area contributed by atoms with E-state index in [1.807, 2.05) is 44.7 Å². The van der Waals surface area contributed by atoms with Gasteiger partial charge in [-0.1, -0.05) is 0 Å². The summed E-state index contributed by atoms with van der Waals surface area (Å²) in [5.74, 6) is 0.918. The summed E-state index contributed by atoms with van der Waals surface area (Å²) >= 11 is 0. The van der Waals surface area contributed by atoms with E-state index < -0.39 is 5.60 Å². The summed E-state index contributed by atoms with van der Waals surface area (Å²) in [4.78, 5) is 16.4. The molecule has 120 valence electrons. The van der Waals surface area contributed by atoms with Crippen molar-refractivity contribution in [1.82, 2.24) is 15.1 Å². The number of likely N-dealkylation sites (tertiary alicyclic amines) is 1. The van der Waals surface area contributed by atoms with Crippen molar-refractivity contribution in [2.75, 3.05) is 18.0 Å². The van der Waals surface area contributed by atoms with E-state index >= 15 is 0 Å². The van der Waals surface area contributed by atoms with Crippen LogP contribution in [0.3, 0.4) is 0 Å². The molecular weight excluding hydrogens is 280 g/mol. The standard InChI is InChI=1S/C16H24N4O2/c1-11-5-8-14(18-17-11)20-12-6-7-13(20)10-19(9-12)15(21)22-16(2,3)4/h5,8,12-13H,6-7,9-10H2,1-4H3. The first-order valence-corrected chi connectivity index (χ1v) is 7.90. The van der Waals surface area contributed by atoms with Gasteiger partial charge in [-0.15, -0.1) is 5.10 Å². The first-order valence-electron chi connectivity index (χ1n) is 7.90. The number of nitrogens with zero attached hydrogens (tertiary/aromatic N) is 4. The average molecular weight is 304 g/mol. The highest BCUT2D eigenvalue weighted by atomic mass is 16.6. The van der Waals surface area contributed by atoms with E-state index in [0.29, 0.717) is 25.2 Å². The largest absolute Gasteiger partial charge is 0.444 e. The van der Waals surface area contributed by atoms with Crippen LogP contribution >= 0.6 is 0 Å². The zero-order chi connectivity index (χ0) is 15.9. The Kier molecular flexibility index (Phi) is 3.70. The SMILES string of the molecule is Cc1ccc(N2C3CCC2CN(C(=O)OC(C)(C)C)C3)nn1. The lowest BCUT2D eigenvalue weighted by Crippen LogP contribution is -2.56. The van der Waals surface area contributed by atoms with Gasteiger partial charge in [0.25, 0.3) is 0 Å². The molecule has 2 atom stereocenters. The number of carbonyl (C=O) groups excluding carboxylic acids is 1. The normalized spacial score (nSPS) is 24.5. The maximum atomic E-state index is 12.3. The van der Waals surface area contributed by atoms with Gasteiger partial charge in [-0.2, -0.15) is 5.10 Å². The highest BCUT2D eigenvalue weighted by Crippen LogP contribution is 2.34. The lowest BCUT2D eigenvalue weighted by Gasteiger charge is -2.41. The molecule has 0 aromatic carbocycles. The Hall–Kier alpha value is -1.85. The number of hydrogen-bond acceptors (Lipinski definition) is 5. The second kappa shape index (κ2) is 5.41. The molecule has 2 aliphatic rings. The number of aryl methyl sites for hydroxylation is 1. The summed E-state index contributed by atoms with van der Waals surface area (Å²) in [6.45, 7) is 9.03. The fourth-order valence-corrected chi connectivity index (χ4v) is 3.28. The summed E-state index contributed by atoms with van der Waals surface area (Å²) < 4.78 is 5.50. The van der Waals surface area contributed by atoms with Crippen LogP contribution in [-0.2, 0) is 4.74 Å². The fourth-order valence-electron chi connectivity index (χ4n) is 3.28. The summed E-state index contributed by atoms with van der Waals surface area (Å²) in [5.41, 5.74) is 0.471. The van der Waals surface area contributed by atoms with Gasteiger partial charge >= 0.3 is 6.09 Å². The Morgan fingerprint density at radius 2 is 1.82 bits per heavy atom. The molecule has 0 saturated carbocycles. The molecule has 0 spiro atoms. The third-order valence-corrected chi connectivity index (χ3v) is 4.18. The van der Waals surface area contributed by atoms with Crippen LogP contribution < -0.4 is 4.90 Å². The topological polar surface area (TPSA) is 58.6 Å². The molecule has 1 amide bonds. The van der Waals surface area contributed by atoms with E-state index in [9.17, 15) is 4.79 Å². The van der Waals surface area contributed by atoms with E-state index in [4.69, 9.17) is 4.74 Å². The first kappa shape index (κ1) is 15.1. The van der Waals surface area contributed by atoms with Crippen LogP contribution in [0.25, 0.3) is 0 Å². The molecule has 0 aliphatic carbocycles. The molecular formula is C16H24N4O2. The third-order valence-electron chi connectivity index (χ3n) is 4.18. The van der Waals surface area contributed by atoms with Crippen molar-refractivity contribution in [1.29, 1.82) is 0 Å². The second-order valence-electron chi connectivity index (χ2n) is 7.21. The minimum atomic E-state index is -0.449. The highest BCUT2D eigenvalue weighted by molar-refractivity contribution is 5.69. The Balaban J connectivity index is 1.71. The van der Waals surface area contributed by atoms with Crippen LogP contribution in [0.4, 0.5) is 10.6 Å². The van der Waals surface area contributed by atoms with Crippen LogP contribution in [-0.4, -0.2) is 52.0 Å². The molecule has 1 aromatic rings. The molecule has 22 heavy (non-hydrogen) atoms. The second-order valence-corrected chi connectivity index (χ2v) is 7.21. The third kappa shape index (κ3) is 3.00. The van der Waals surface area contributed by atoms with Gasteiger partial charge in [0.1, 0.15) is 5.60 Å². The zero-order valence-corrected chi connectivity index (χ0v) is 13.7. The van der Waals surface area contributed by atoms with Crippen molar-refractivity contribution in [3.63, 3.8) is 0 Å². The van der Waals surface area contributed by atoms with Crippen LogP contribution in [0.5, 0.6) is 0 Å². The highest BCUT2D eigenvalue weighted by Gasteiger charge is 2.43. The van der Waals surface area contributed by atoms with Crippen molar-refractivity contribution < 1.29 is 9.53 Å². The van der Waals surface area contributed by atoms with Crippen LogP contribution in [0, 0.1) is 6.92 Å². The van der Waals surface area contributed by atoms with Gasteiger partial charge in [-0.25, -0.2) is 4.79 Å². The number of aromatic nitrogens is 2. The van der Waals surface area contributed by atoms with E-state index in [-0.39, 0.29) is 6.09 Å². The maximum Gasteiger partial charge on any atom is 0.410 e. The van der Waals surface area contributed by atoms with Gasteiger partial charge in [-0.3, -0.25) is 0 Å². The number of fused-ring (bicyclic) bond motifs is 2. The molecule has 2 bridgehead atoms. The summed E-state index contributed by atoms with van der Waals surface area (Å²) in [6.07, 6.45) is 1.96. The predicted octanol–water partition coefficient (Wildman–Crippen LogP) is 2.37. The number of ether oxygens (including phenoxy) is 1. The summed E-state index contributed by atoms with van der Waals surface area (Å²) in [6, 6.07) is 4.63. The molecule has 2 saturated heterocycles. The lowest BCUT2D eigenvalue weighted by atomic mass is 10.2. The molecule has 3 rings (SSSR count). The molecule has 0 N–H and O–H groups in total. The first-order chi connectivity index (χ1) is 10.3. The van der Waals surface area contributed by atoms with Crippen molar-refractivity contribution in [3.8, 4) is 0 Å². The van der Waals surface area contributed by atoms with Gasteiger partial charge in [0.2, 0.25) is 0 Å². The fraction of sp³-hybridized carbons (Fsp3) is 0.688. The van der Waals surface area contributed by atoms with Crippen LogP contribution in [0.2, 0.25) is 0 Å². The number of piperazine rings is 1. The zero-order valence-electron chi connectivity index (χ0n) is 13.7. The van der Waals surface area contributed by atoms with Crippen LogP contribution in [0.15, 0.2) is 12.1 Å². The molecule has 6 heteroatoms. The van der Waals surface area contributed by atoms with Crippen LogP contribution in [0.1, 0.15) is 39.3 Å². The van der Waals surface area contributed by atoms with Gasteiger partial charge in [0.15, 0.2) is 5.82 Å². The van der Waals surface area contributed by atoms with Gasteiger partial charge in [-0.05, 0) is 52.7 Å². The average Bonchev–Trinajstić information content (AvgIpc) is 2.68. The van der Waals surface area contributed by atoms with Crippen molar-refractivity contribution >= 4 is 11.9 Å².